The Bertz CT molecular complexity index is 732. The van der Waals surface area contributed by atoms with E-state index in [1.165, 1.54) is 13.9 Å². The van der Waals surface area contributed by atoms with Gasteiger partial charge in [0.1, 0.15) is 0 Å². The average molecular weight is 243 g/mol. The second-order valence-corrected chi connectivity index (χ2v) is 4.43. The average Bonchev–Trinajstić information content (AvgIpc) is 2.63. The first-order chi connectivity index (χ1) is 8.68. The van der Waals surface area contributed by atoms with Crippen LogP contribution in [-0.4, -0.2) is 13.9 Å². The van der Waals surface area contributed by atoms with Crippen LogP contribution >= 0.6 is 0 Å². The smallest absolute Gasteiger partial charge is 0.245 e. The SMILES string of the molecule is CC1=CCn2c(=O)n(-c3ccccc3)c(=O)n2C1. The van der Waals surface area contributed by atoms with Crippen molar-refractivity contribution in [2.75, 3.05) is 0 Å². The van der Waals surface area contributed by atoms with E-state index in [2.05, 4.69) is 0 Å². The van der Waals surface area contributed by atoms with E-state index in [1.54, 1.807) is 12.1 Å². The maximum atomic E-state index is 12.3. The predicted molar refractivity (Wildman–Crippen MR) is 68.0 cm³/mol. The van der Waals surface area contributed by atoms with Crippen LogP contribution in [0.4, 0.5) is 0 Å². The Labute approximate surface area is 103 Å². The molecular weight excluding hydrogens is 230 g/mol. The summed E-state index contributed by atoms with van der Waals surface area (Å²) in [4.78, 5) is 24.5. The summed E-state index contributed by atoms with van der Waals surface area (Å²) in [6.45, 7) is 2.90. The Kier molecular flexibility index (Phi) is 2.33. The largest absolute Gasteiger partial charge is 0.352 e. The normalized spacial score (nSPS) is 14.2. The first-order valence-electron chi connectivity index (χ1n) is 5.82. The van der Waals surface area contributed by atoms with E-state index in [-0.39, 0.29) is 11.4 Å². The molecule has 1 aliphatic heterocycles. The lowest BCUT2D eigenvalue weighted by molar-refractivity contribution is 0.468. The van der Waals surface area contributed by atoms with Crippen LogP contribution in [0.1, 0.15) is 6.92 Å². The van der Waals surface area contributed by atoms with Gasteiger partial charge in [-0.25, -0.2) is 23.5 Å². The number of hydrogen-bond donors (Lipinski definition) is 0. The van der Waals surface area contributed by atoms with Crippen LogP contribution in [0, 0.1) is 0 Å². The summed E-state index contributed by atoms with van der Waals surface area (Å²) >= 11 is 0. The molecule has 5 nitrogen and oxygen atoms in total. The number of para-hydroxylation sites is 1. The van der Waals surface area contributed by atoms with Crippen molar-refractivity contribution in [1.82, 2.24) is 13.9 Å². The lowest BCUT2D eigenvalue weighted by Gasteiger charge is -2.13. The third-order valence-electron chi connectivity index (χ3n) is 3.14. The van der Waals surface area contributed by atoms with Crippen LogP contribution in [0.25, 0.3) is 5.69 Å². The maximum absolute atomic E-state index is 12.3. The number of aromatic nitrogens is 3. The van der Waals surface area contributed by atoms with E-state index in [1.807, 2.05) is 31.2 Å². The molecule has 0 atom stereocenters. The summed E-state index contributed by atoms with van der Waals surface area (Å²) in [7, 11) is 0. The van der Waals surface area contributed by atoms with Gasteiger partial charge in [-0.2, -0.15) is 0 Å². The van der Waals surface area contributed by atoms with Crippen molar-refractivity contribution in [3.05, 3.63) is 62.9 Å². The first-order valence-corrected chi connectivity index (χ1v) is 5.82. The molecule has 1 aromatic heterocycles. The Balaban J connectivity index is 2.26. The Morgan fingerprint density at radius 3 is 2.39 bits per heavy atom. The van der Waals surface area contributed by atoms with Crippen LogP contribution in [0.5, 0.6) is 0 Å². The zero-order valence-electron chi connectivity index (χ0n) is 10.0. The molecule has 0 N–H and O–H groups in total. The summed E-state index contributed by atoms with van der Waals surface area (Å²) in [6.07, 6.45) is 1.97. The molecule has 2 heterocycles. The van der Waals surface area contributed by atoms with Gasteiger partial charge in [0.2, 0.25) is 0 Å². The fourth-order valence-corrected chi connectivity index (χ4v) is 2.19. The molecule has 0 saturated carbocycles. The molecule has 0 unspecified atom stereocenters. The number of hydrogen-bond acceptors (Lipinski definition) is 2. The van der Waals surface area contributed by atoms with E-state index in [9.17, 15) is 9.59 Å². The second-order valence-electron chi connectivity index (χ2n) is 4.43. The van der Waals surface area contributed by atoms with Gasteiger partial charge in [0.25, 0.3) is 0 Å². The summed E-state index contributed by atoms with van der Waals surface area (Å²) in [5, 5.41) is 0. The molecule has 1 aromatic carbocycles. The molecule has 18 heavy (non-hydrogen) atoms. The predicted octanol–water partition coefficient (Wildman–Crippen LogP) is 0.761. The van der Waals surface area contributed by atoms with Crippen LogP contribution in [0.3, 0.4) is 0 Å². The topological polar surface area (TPSA) is 48.9 Å². The fourth-order valence-electron chi connectivity index (χ4n) is 2.19. The molecule has 0 radical (unpaired) electrons. The van der Waals surface area contributed by atoms with Crippen molar-refractivity contribution in [2.24, 2.45) is 0 Å². The number of allylic oxidation sites excluding steroid dienone is 2. The monoisotopic (exact) mass is 243 g/mol. The van der Waals surface area contributed by atoms with Gasteiger partial charge in [-0.05, 0) is 19.1 Å². The maximum Gasteiger partial charge on any atom is 0.352 e. The summed E-state index contributed by atoms with van der Waals surface area (Å²) in [5.74, 6) is 0. The van der Waals surface area contributed by atoms with Crippen LogP contribution in [0.15, 0.2) is 51.6 Å². The molecule has 0 bridgehead atoms. The van der Waals surface area contributed by atoms with Gasteiger partial charge >= 0.3 is 11.4 Å². The van der Waals surface area contributed by atoms with Crippen molar-refractivity contribution in [3.8, 4) is 5.69 Å². The highest BCUT2D eigenvalue weighted by molar-refractivity contribution is 5.30. The Morgan fingerprint density at radius 2 is 1.67 bits per heavy atom. The third-order valence-corrected chi connectivity index (χ3v) is 3.14. The fraction of sp³-hybridized carbons (Fsp3) is 0.231. The zero-order chi connectivity index (χ0) is 12.7. The molecule has 0 fully saturated rings. The van der Waals surface area contributed by atoms with Gasteiger partial charge in [0, 0.05) is 0 Å². The Morgan fingerprint density at radius 1 is 1.00 bits per heavy atom. The highest BCUT2D eigenvalue weighted by Gasteiger charge is 2.18. The van der Waals surface area contributed by atoms with Crippen LogP contribution in [-0.2, 0) is 13.1 Å². The molecule has 0 saturated heterocycles. The molecule has 0 aliphatic carbocycles. The quantitative estimate of drug-likeness (QED) is 0.694. The molecule has 2 aromatic rings. The summed E-state index contributed by atoms with van der Waals surface area (Å²) < 4.78 is 4.18. The minimum Gasteiger partial charge on any atom is -0.245 e. The number of fused-ring (bicyclic) bond motifs is 1. The van der Waals surface area contributed by atoms with Crippen molar-refractivity contribution >= 4 is 0 Å². The molecule has 0 amide bonds. The minimum absolute atomic E-state index is 0.279. The third kappa shape index (κ3) is 1.48. The van der Waals surface area contributed by atoms with Crippen molar-refractivity contribution < 1.29 is 0 Å². The van der Waals surface area contributed by atoms with Gasteiger partial charge in [0.15, 0.2) is 0 Å². The van der Waals surface area contributed by atoms with Crippen molar-refractivity contribution in [1.29, 1.82) is 0 Å². The van der Waals surface area contributed by atoms with E-state index >= 15 is 0 Å². The molecule has 0 spiro atoms. The number of nitrogens with zero attached hydrogens (tertiary/aromatic N) is 3. The number of benzene rings is 1. The first kappa shape index (κ1) is 10.8. The lowest BCUT2D eigenvalue weighted by atomic mass is 10.2. The van der Waals surface area contributed by atoms with E-state index in [4.69, 9.17) is 0 Å². The second kappa shape index (κ2) is 3.87. The zero-order valence-corrected chi connectivity index (χ0v) is 10.0. The van der Waals surface area contributed by atoms with E-state index in [0.29, 0.717) is 18.8 Å². The van der Waals surface area contributed by atoms with Crippen molar-refractivity contribution in [3.63, 3.8) is 0 Å². The highest BCUT2D eigenvalue weighted by atomic mass is 16.2. The van der Waals surface area contributed by atoms with E-state index < -0.39 is 0 Å². The molecule has 92 valence electrons. The molecule has 1 aliphatic rings. The lowest BCUT2D eigenvalue weighted by Crippen LogP contribution is -2.29. The van der Waals surface area contributed by atoms with Crippen molar-refractivity contribution in [2.45, 2.75) is 20.0 Å². The Hall–Kier alpha value is -2.30. The minimum atomic E-state index is -0.282. The summed E-state index contributed by atoms with van der Waals surface area (Å²) in [6, 6.07) is 9.00. The van der Waals surface area contributed by atoms with Gasteiger partial charge in [0.05, 0.1) is 18.8 Å². The number of rotatable bonds is 1. The summed E-state index contributed by atoms with van der Waals surface area (Å²) in [5.41, 5.74) is 1.15. The molecular formula is C13H13N3O2. The van der Waals surface area contributed by atoms with Gasteiger partial charge < -0.3 is 0 Å². The van der Waals surface area contributed by atoms with Gasteiger partial charge in [-0.15, -0.1) is 0 Å². The van der Waals surface area contributed by atoms with Crippen LogP contribution < -0.4 is 11.4 Å². The van der Waals surface area contributed by atoms with Gasteiger partial charge in [-0.1, -0.05) is 29.8 Å². The molecule has 3 rings (SSSR count). The van der Waals surface area contributed by atoms with E-state index in [0.717, 1.165) is 5.57 Å². The van der Waals surface area contributed by atoms with Gasteiger partial charge in [-0.3, -0.25) is 0 Å². The highest BCUT2D eigenvalue weighted by Crippen LogP contribution is 2.06. The standard InChI is InChI=1S/C13H13N3O2/c1-10-7-8-14-12(17)16(13(18)15(14)9-10)11-5-3-2-4-6-11/h2-7H,8-9H2,1H3. The molecule has 5 heteroatoms. The van der Waals surface area contributed by atoms with Crippen LogP contribution in [0.2, 0.25) is 0 Å².